The molecule has 0 unspecified atom stereocenters. The van der Waals surface area contributed by atoms with Crippen molar-refractivity contribution in [2.75, 3.05) is 0 Å². The Labute approximate surface area is 141 Å². The van der Waals surface area contributed by atoms with E-state index in [0.29, 0.717) is 0 Å². The molecule has 0 radical (unpaired) electrons. The highest BCUT2D eigenvalue weighted by molar-refractivity contribution is 6.19. The van der Waals surface area contributed by atoms with Gasteiger partial charge >= 0.3 is 0 Å². The molecule has 0 fully saturated rings. The zero-order valence-electron chi connectivity index (χ0n) is 13.8. The van der Waals surface area contributed by atoms with E-state index < -0.39 is 0 Å². The molecule has 0 spiro atoms. The fourth-order valence-corrected chi connectivity index (χ4v) is 4.08. The van der Waals surface area contributed by atoms with Gasteiger partial charge in [0, 0.05) is 21.9 Å². The number of allylic oxidation sites excluding steroid dienone is 4. The van der Waals surface area contributed by atoms with Crippen LogP contribution in [-0.2, 0) is 0 Å². The number of hydrogen-bond acceptors (Lipinski definition) is 0. The maximum absolute atomic E-state index is 2.48. The van der Waals surface area contributed by atoms with Gasteiger partial charge in [-0.2, -0.15) is 0 Å². The van der Waals surface area contributed by atoms with Gasteiger partial charge in [-0.15, -0.1) is 0 Å². The van der Waals surface area contributed by atoms with Crippen LogP contribution in [0.15, 0.2) is 72.8 Å². The Balaban J connectivity index is 2.07. The van der Waals surface area contributed by atoms with Crippen molar-refractivity contribution in [1.29, 1.82) is 0 Å². The van der Waals surface area contributed by atoms with Gasteiger partial charge in [-0.3, -0.25) is 0 Å². The van der Waals surface area contributed by atoms with E-state index in [1.807, 2.05) is 0 Å². The molecule has 1 aliphatic rings. The van der Waals surface area contributed by atoms with Gasteiger partial charge in [0.05, 0.1) is 11.0 Å². The van der Waals surface area contributed by atoms with Crippen molar-refractivity contribution in [2.45, 2.75) is 19.8 Å². The summed E-state index contributed by atoms with van der Waals surface area (Å²) in [5.74, 6) is 0. The predicted molar refractivity (Wildman–Crippen MR) is 104 cm³/mol. The van der Waals surface area contributed by atoms with Crippen molar-refractivity contribution in [2.24, 2.45) is 0 Å². The highest BCUT2D eigenvalue weighted by Gasteiger charge is 2.17. The Morgan fingerprint density at radius 3 is 2.38 bits per heavy atom. The molecular weight excluding hydrogens is 290 g/mol. The predicted octanol–water partition coefficient (Wildman–Crippen LogP) is 6.45. The van der Waals surface area contributed by atoms with E-state index in [9.17, 15) is 0 Å². The number of benzene rings is 3. The van der Waals surface area contributed by atoms with Gasteiger partial charge in [0.25, 0.3) is 0 Å². The van der Waals surface area contributed by atoms with Crippen molar-refractivity contribution in [3.8, 4) is 0 Å². The van der Waals surface area contributed by atoms with Crippen LogP contribution in [0.1, 0.15) is 18.4 Å². The third kappa shape index (κ3) is 1.81. The second kappa shape index (κ2) is 5.10. The van der Waals surface area contributed by atoms with Gasteiger partial charge in [0.1, 0.15) is 0 Å². The minimum absolute atomic E-state index is 1.09. The van der Waals surface area contributed by atoms with E-state index in [2.05, 4.69) is 84.3 Å². The van der Waals surface area contributed by atoms with Crippen LogP contribution in [0, 0.1) is 6.92 Å². The summed E-state index contributed by atoms with van der Waals surface area (Å²) in [6.07, 6.45) is 8.91. The topological polar surface area (TPSA) is 4.93 Å². The zero-order chi connectivity index (χ0) is 16.1. The fraction of sp³-hybridized carbons (Fsp3) is 0.130. The summed E-state index contributed by atoms with van der Waals surface area (Å²) in [6.45, 7) is 2.22. The molecule has 1 aromatic heterocycles. The van der Waals surface area contributed by atoms with Gasteiger partial charge in [-0.05, 0) is 48.9 Å². The van der Waals surface area contributed by atoms with Crippen LogP contribution in [0.25, 0.3) is 38.3 Å². The van der Waals surface area contributed by atoms with E-state index >= 15 is 0 Å². The van der Waals surface area contributed by atoms with E-state index in [-0.39, 0.29) is 0 Å². The second-order valence-electron chi connectivity index (χ2n) is 6.61. The molecule has 4 aromatic rings. The average molecular weight is 309 g/mol. The summed E-state index contributed by atoms with van der Waals surface area (Å²) < 4.78 is 2.48. The molecule has 1 heteroatoms. The van der Waals surface area contributed by atoms with Gasteiger partial charge in [0.2, 0.25) is 0 Å². The molecule has 0 bridgehead atoms. The summed E-state index contributed by atoms with van der Waals surface area (Å²) in [6, 6.07) is 19.9. The minimum atomic E-state index is 1.09. The Morgan fingerprint density at radius 2 is 1.58 bits per heavy atom. The first-order valence-electron chi connectivity index (χ1n) is 8.62. The van der Waals surface area contributed by atoms with Crippen molar-refractivity contribution < 1.29 is 0 Å². The molecule has 1 aliphatic carbocycles. The van der Waals surface area contributed by atoms with E-state index in [0.717, 1.165) is 12.8 Å². The van der Waals surface area contributed by atoms with Crippen LogP contribution in [0.5, 0.6) is 0 Å². The first-order chi connectivity index (χ1) is 11.8. The van der Waals surface area contributed by atoms with Crippen LogP contribution >= 0.6 is 0 Å². The number of aryl methyl sites for hydroxylation is 1. The van der Waals surface area contributed by atoms with Crippen LogP contribution in [0.3, 0.4) is 0 Å². The molecule has 0 saturated carbocycles. The Kier molecular flexibility index (Phi) is 2.90. The molecule has 5 rings (SSSR count). The van der Waals surface area contributed by atoms with E-state index in [1.54, 1.807) is 0 Å². The highest BCUT2D eigenvalue weighted by atomic mass is 15.0. The number of nitrogens with zero attached hydrogens (tertiary/aromatic N) is 1. The summed E-state index contributed by atoms with van der Waals surface area (Å²) in [7, 11) is 0. The zero-order valence-corrected chi connectivity index (χ0v) is 13.8. The lowest BCUT2D eigenvalue weighted by Crippen LogP contribution is -1.99. The smallest absolute Gasteiger partial charge is 0.0616 e. The lowest BCUT2D eigenvalue weighted by Gasteiger charge is -2.15. The van der Waals surface area contributed by atoms with E-state index in [1.165, 1.54) is 43.8 Å². The van der Waals surface area contributed by atoms with Gasteiger partial charge in [-0.1, -0.05) is 54.6 Å². The third-order valence-corrected chi connectivity index (χ3v) is 5.16. The van der Waals surface area contributed by atoms with Crippen molar-refractivity contribution in [1.82, 2.24) is 4.57 Å². The second-order valence-corrected chi connectivity index (χ2v) is 6.61. The van der Waals surface area contributed by atoms with Crippen LogP contribution in [0.2, 0.25) is 0 Å². The molecule has 1 nitrogen and oxygen atoms in total. The maximum Gasteiger partial charge on any atom is 0.0616 e. The SMILES string of the molecule is Cc1cc2c3ccccc3n(C3=CC=CCC3)c2c2ccccc12. The van der Waals surface area contributed by atoms with Crippen molar-refractivity contribution >= 4 is 38.3 Å². The molecule has 0 atom stereocenters. The molecule has 3 aromatic carbocycles. The number of para-hydroxylation sites is 1. The first-order valence-corrected chi connectivity index (χ1v) is 8.62. The van der Waals surface area contributed by atoms with Crippen molar-refractivity contribution in [3.05, 3.63) is 78.4 Å². The average Bonchev–Trinajstić information content (AvgIpc) is 2.97. The molecule has 0 saturated heterocycles. The lowest BCUT2D eigenvalue weighted by atomic mass is 10.0. The summed E-state index contributed by atoms with van der Waals surface area (Å²) in [5, 5.41) is 5.40. The summed E-state index contributed by atoms with van der Waals surface area (Å²) in [4.78, 5) is 0. The van der Waals surface area contributed by atoms with Gasteiger partial charge in [0.15, 0.2) is 0 Å². The third-order valence-electron chi connectivity index (χ3n) is 5.16. The molecule has 0 N–H and O–H groups in total. The number of rotatable bonds is 1. The largest absolute Gasteiger partial charge is 0.312 e. The fourth-order valence-electron chi connectivity index (χ4n) is 4.08. The van der Waals surface area contributed by atoms with Crippen LogP contribution in [0.4, 0.5) is 0 Å². The maximum atomic E-state index is 2.48. The van der Waals surface area contributed by atoms with Crippen LogP contribution < -0.4 is 0 Å². The molecule has 1 heterocycles. The molecule has 24 heavy (non-hydrogen) atoms. The van der Waals surface area contributed by atoms with Crippen LogP contribution in [-0.4, -0.2) is 4.57 Å². The molecule has 116 valence electrons. The lowest BCUT2D eigenvalue weighted by molar-refractivity contribution is 0.980. The summed E-state index contributed by atoms with van der Waals surface area (Å²) >= 11 is 0. The molecular formula is C23H19N. The Hall–Kier alpha value is -2.80. The van der Waals surface area contributed by atoms with Crippen molar-refractivity contribution in [3.63, 3.8) is 0 Å². The molecule has 0 aliphatic heterocycles. The number of hydrogen-bond donors (Lipinski definition) is 0. The van der Waals surface area contributed by atoms with Gasteiger partial charge in [-0.25, -0.2) is 0 Å². The minimum Gasteiger partial charge on any atom is -0.312 e. The molecule has 0 amide bonds. The number of fused-ring (bicyclic) bond motifs is 5. The summed E-state index contributed by atoms with van der Waals surface area (Å²) in [5.41, 5.74) is 5.39. The first kappa shape index (κ1) is 13.6. The standard InChI is InChI=1S/C23H19N/c1-16-15-21-19-12-7-8-14-22(19)24(17-9-3-2-4-10-17)23(21)20-13-6-5-11-18(16)20/h2-3,5-9,11-15H,4,10H2,1H3. The number of aromatic nitrogens is 1. The monoisotopic (exact) mass is 309 g/mol. The Bertz CT molecular complexity index is 1160. The normalized spacial score (nSPS) is 14.6. The highest BCUT2D eigenvalue weighted by Crippen LogP contribution is 2.38. The Morgan fingerprint density at radius 1 is 0.833 bits per heavy atom. The quantitative estimate of drug-likeness (QED) is 0.381. The van der Waals surface area contributed by atoms with Gasteiger partial charge < -0.3 is 4.57 Å². The van der Waals surface area contributed by atoms with E-state index in [4.69, 9.17) is 0 Å².